The second-order valence-corrected chi connectivity index (χ2v) is 5.90. The molecule has 0 aliphatic heterocycles. The molecule has 1 amide bonds. The number of nitrogens with one attached hydrogen (secondary N) is 1. The molecule has 0 radical (unpaired) electrons. The monoisotopic (exact) mass is 395 g/mol. The molecule has 2 aromatic rings. The first-order valence-corrected chi connectivity index (χ1v) is 8.38. The molecule has 0 spiro atoms. The van der Waals surface area contributed by atoms with E-state index in [0.29, 0.717) is 30.0 Å². The maximum Gasteiger partial charge on any atom is 0.258 e. The number of carbonyl (C=O) groups is 1. The van der Waals surface area contributed by atoms with Gasteiger partial charge in [0.25, 0.3) is 5.91 Å². The third-order valence-electron chi connectivity index (χ3n) is 3.31. The third-order valence-corrected chi connectivity index (χ3v) is 3.93. The quantitative estimate of drug-likeness (QED) is 0.738. The summed E-state index contributed by atoms with van der Waals surface area (Å²) < 4.78 is 24.3. The van der Waals surface area contributed by atoms with Gasteiger partial charge in [0.15, 0.2) is 6.61 Å². The molecule has 0 fully saturated rings. The smallest absolute Gasteiger partial charge is 0.258 e. The lowest BCUT2D eigenvalue weighted by Gasteiger charge is -2.12. The van der Waals surface area contributed by atoms with Crippen molar-refractivity contribution >= 4 is 21.8 Å². The van der Waals surface area contributed by atoms with Crippen LogP contribution in [-0.2, 0) is 22.7 Å². The van der Waals surface area contributed by atoms with Gasteiger partial charge in [0, 0.05) is 13.2 Å². The molecule has 0 unspecified atom stereocenters. The van der Waals surface area contributed by atoms with Crippen LogP contribution in [0.4, 0.5) is 4.39 Å². The van der Waals surface area contributed by atoms with Crippen molar-refractivity contribution in [2.75, 3.05) is 13.2 Å². The van der Waals surface area contributed by atoms with Crippen LogP contribution in [0.5, 0.6) is 5.75 Å². The van der Waals surface area contributed by atoms with E-state index in [4.69, 9.17) is 9.47 Å². The molecule has 0 atom stereocenters. The van der Waals surface area contributed by atoms with E-state index in [2.05, 4.69) is 21.2 Å². The summed E-state index contributed by atoms with van der Waals surface area (Å²) in [5, 5.41) is 2.81. The number of benzene rings is 2. The van der Waals surface area contributed by atoms with Crippen LogP contribution in [0, 0.1) is 5.82 Å². The average molecular weight is 396 g/mol. The van der Waals surface area contributed by atoms with Crippen molar-refractivity contribution in [2.45, 2.75) is 20.1 Å². The fourth-order valence-corrected chi connectivity index (χ4v) is 2.53. The first-order valence-electron chi connectivity index (χ1n) is 7.59. The van der Waals surface area contributed by atoms with Gasteiger partial charge in [-0.25, -0.2) is 4.39 Å². The van der Waals surface area contributed by atoms with Gasteiger partial charge in [-0.3, -0.25) is 4.79 Å². The molecule has 0 aliphatic carbocycles. The first-order chi connectivity index (χ1) is 11.6. The van der Waals surface area contributed by atoms with E-state index in [1.54, 1.807) is 0 Å². The molecular weight excluding hydrogens is 377 g/mol. The predicted molar refractivity (Wildman–Crippen MR) is 93.2 cm³/mol. The van der Waals surface area contributed by atoms with Crippen LogP contribution in [0.3, 0.4) is 0 Å². The molecule has 4 nitrogen and oxygen atoms in total. The highest BCUT2D eigenvalue weighted by Gasteiger charge is 2.08. The lowest BCUT2D eigenvalue weighted by Crippen LogP contribution is -2.28. The van der Waals surface area contributed by atoms with E-state index >= 15 is 0 Å². The normalized spacial score (nSPS) is 10.5. The Bertz CT molecular complexity index is 694. The number of hydrogen-bond acceptors (Lipinski definition) is 3. The van der Waals surface area contributed by atoms with Crippen LogP contribution < -0.4 is 10.1 Å². The molecule has 2 aromatic carbocycles. The van der Waals surface area contributed by atoms with Gasteiger partial charge in [0.05, 0.1) is 11.1 Å². The Morgan fingerprint density at radius 3 is 2.67 bits per heavy atom. The average Bonchev–Trinajstić information content (AvgIpc) is 2.58. The fourth-order valence-electron chi connectivity index (χ4n) is 2.06. The van der Waals surface area contributed by atoms with Gasteiger partial charge in [-0.1, -0.05) is 24.3 Å². The van der Waals surface area contributed by atoms with Crippen molar-refractivity contribution in [1.29, 1.82) is 0 Å². The molecule has 6 heteroatoms. The topological polar surface area (TPSA) is 47.6 Å². The van der Waals surface area contributed by atoms with Crippen molar-refractivity contribution in [3.05, 3.63) is 63.9 Å². The zero-order chi connectivity index (χ0) is 17.4. The standard InChI is InChI=1S/C18H19BrFNO3/c1-2-23-11-14-6-4-3-5-13(14)10-21-18(22)12-24-17-8-7-15(20)9-16(17)19/h3-9H,2,10-12H2,1H3,(H,21,22). The van der Waals surface area contributed by atoms with Gasteiger partial charge in [-0.05, 0) is 52.2 Å². The third kappa shape index (κ3) is 5.62. The molecule has 2 rings (SSSR count). The molecule has 0 saturated carbocycles. The number of halogens is 2. The largest absolute Gasteiger partial charge is 0.483 e. The minimum absolute atomic E-state index is 0.141. The molecule has 0 bridgehead atoms. The lowest BCUT2D eigenvalue weighted by atomic mass is 10.1. The second-order valence-electron chi connectivity index (χ2n) is 5.05. The maximum atomic E-state index is 13.0. The zero-order valence-corrected chi connectivity index (χ0v) is 14.9. The molecule has 0 aromatic heterocycles. The predicted octanol–water partition coefficient (Wildman–Crippen LogP) is 3.82. The highest BCUT2D eigenvalue weighted by atomic mass is 79.9. The van der Waals surface area contributed by atoms with Crippen molar-refractivity contribution in [2.24, 2.45) is 0 Å². The molecule has 0 saturated heterocycles. The SMILES string of the molecule is CCOCc1ccccc1CNC(=O)COc1ccc(F)cc1Br. The summed E-state index contributed by atoms with van der Waals surface area (Å²) in [6, 6.07) is 11.8. The summed E-state index contributed by atoms with van der Waals surface area (Å²) in [4.78, 5) is 11.9. The number of amides is 1. The summed E-state index contributed by atoms with van der Waals surface area (Å²) in [5.41, 5.74) is 2.05. The van der Waals surface area contributed by atoms with E-state index in [-0.39, 0.29) is 18.3 Å². The summed E-state index contributed by atoms with van der Waals surface area (Å²) >= 11 is 3.20. The van der Waals surface area contributed by atoms with Gasteiger partial charge >= 0.3 is 0 Å². The molecule has 1 N–H and O–H groups in total. The summed E-state index contributed by atoms with van der Waals surface area (Å²) in [6.45, 7) is 3.35. The van der Waals surface area contributed by atoms with Crippen LogP contribution in [0.1, 0.15) is 18.1 Å². The van der Waals surface area contributed by atoms with Crippen molar-refractivity contribution in [3.63, 3.8) is 0 Å². The Morgan fingerprint density at radius 2 is 1.96 bits per heavy atom. The van der Waals surface area contributed by atoms with Gasteiger partial charge < -0.3 is 14.8 Å². The maximum absolute atomic E-state index is 13.0. The molecule has 24 heavy (non-hydrogen) atoms. The molecular formula is C18H19BrFNO3. The van der Waals surface area contributed by atoms with E-state index in [0.717, 1.165) is 11.1 Å². The van der Waals surface area contributed by atoms with Gasteiger partial charge in [-0.2, -0.15) is 0 Å². The van der Waals surface area contributed by atoms with E-state index in [1.165, 1.54) is 18.2 Å². The van der Waals surface area contributed by atoms with E-state index < -0.39 is 0 Å². The number of rotatable bonds is 8. The fraction of sp³-hybridized carbons (Fsp3) is 0.278. The van der Waals surface area contributed by atoms with Crippen molar-refractivity contribution < 1.29 is 18.7 Å². The lowest BCUT2D eigenvalue weighted by molar-refractivity contribution is -0.123. The van der Waals surface area contributed by atoms with Crippen molar-refractivity contribution in [3.8, 4) is 5.75 Å². The van der Waals surface area contributed by atoms with Crippen LogP contribution in [0.15, 0.2) is 46.9 Å². The van der Waals surface area contributed by atoms with Crippen LogP contribution in [-0.4, -0.2) is 19.1 Å². The van der Waals surface area contributed by atoms with Crippen LogP contribution >= 0.6 is 15.9 Å². The highest BCUT2D eigenvalue weighted by molar-refractivity contribution is 9.10. The zero-order valence-electron chi connectivity index (χ0n) is 13.4. The van der Waals surface area contributed by atoms with Crippen molar-refractivity contribution in [1.82, 2.24) is 5.32 Å². The summed E-state index contributed by atoms with van der Waals surface area (Å²) in [6.07, 6.45) is 0. The summed E-state index contributed by atoms with van der Waals surface area (Å²) in [5.74, 6) is -0.203. The second kappa shape index (κ2) is 9.39. The van der Waals surface area contributed by atoms with Crippen LogP contribution in [0.25, 0.3) is 0 Å². The molecule has 0 aliphatic rings. The molecule has 0 heterocycles. The van der Waals surface area contributed by atoms with Gasteiger partial charge in [0.1, 0.15) is 11.6 Å². The highest BCUT2D eigenvalue weighted by Crippen LogP contribution is 2.25. The Balaban J connectivity index is 1.85. The minimum atomic E-state index is -0.371. The van der Waals surface area contributed by atoms with Crippen LogP contribution in [0.2, 0.25) is 0 Å². The van der Waals surface area contributed by atoms with E-state index in [9.17, 15) is 9.18 Å². The Labute approximate surface area is 149 Å². The minimum Gasteiger partial charge on any atom is -0.483 e. The van der Waals surface area contributed by atoms with Gasteiger partial charge in [-0.15, -0.1) is 0 Å². The molecule has 128 valence electrons. The van der Waals surface area contributed by atoms with E-state index in [1.807, 2.05) is 31.2 Å². The summed E-state index contributed by atoms with van der Waals surface area (Å²) in [7, 11) is 0. The number of carbonyl (C=O) groups excluding carboxylic acids is 1. The van der Waals surface area contributed by atoms with Gasteiger partial charge in [0.2, 0.25) is 0 Å². The first kappa shape index (κ1) is 18.4. The Hall–Kier alpha value is -1.92. The number of ether oxygens (including phenoxy) is 2. The Kier molecular flexibility index (Phi) is 7.21. The number of hydrogen-bond donors (Lipinski definition) is 1. The Morgan fingerprint density at radius 1 is 1.21 bits per heavy atom.